The van der Waals surface area contributed by atoms with Gasteiger partial charge in [0.15, 0.2) is 0 Å². The van der Waals surface area contributed by atoms with Gasteiger partial charge in [-0.2, -0.15) is 0 Å². The predicted molar refractivity (Wildman–Crippen MR) is 78.2 cm³/mol. The van der Waals surface area contributed by atoms with Crippen LogP contribution in [0.25, 0.3) is 11.0 Å². The zero-order valence-corrected chi connectivity index (χ0v) is 12.1. The molecule has 98 valence electrons. The molecule has 2 unspecified atom stereocenters. The fraction of sp³-hybridized carbons (Fsp3) is 0.533. The minimum atomic E-state index is 0.236. The first-order chi connectivity index (χ1) is 8.61. The summed E-state index contributed by atoms with van der Waals surface area (Å²) in [5.41, 5.74) is 2.33. The Morgan fingerprint density at radius 3 is 2.67 bits per heavy atom. The molecule has 0 amide bonds. The monoisotopic (exact) mass is 264 g/mol. The summed E-state index contributed by atoms with van der Waals surface area (Å²) < 4.78 is 2.31. The Morgan fingerprint density at radius 1 is 1.28 bits per heavy atom. The fourth-order valence-electron chi connectivity index (χ4n) is 2.58. The van der Waals surface area contributed by atoms with E-state index in [0.29, 0.717) is 5.92 Å². The van der Waals surface area contributed by atoms with Crippen molar-refractivity contribution < 1.29 is 0 Å². The summed E-state index contributed by atoms with van der Waals surface area (Å²) in [6.45, 7) is 7.45. The van der Waals surface area contributed by atoms with Gasteiger partial charge in [-0.15, -0.1) is 11.6 Å². The molecule has 2 rings (SSSR count). The third-order valence-electron chi connectivity index (χ3n) is 3.31. The lowest BCUT2D eigenvalue weighted by molar-refractivity contribution is 0.501. The third kappa shape index (κ3) is 2.86. The van der Waals surface area contributed by atoms with Crippen LogP contribution in [0.4, 0.5) is 0 Å². The number of imidazole rings is 1. The Bertz CT molecular complexity index is 516. The molecule has 0 aliphatic heterocycles. The van der Waals surface area contributed by atoms with Crippen LogP contribution < -0.4 is 0 Å². The van der Waals surface area contributed by atoms with E-state index < -0.39 is 0 Å². The zero-order valence-electron chi connectivity index (χ0n) is 11.4. The molecule has 18 heavy (non-hydrogen) atoms. The minimum Gasteiger partial charge on any atom is -0.328 e. The quantitative estimate of drug-likeness (QED) is 0.738. The Kier molecular flexibility index (Phi) is 4.28. The second-order valence-corrected chi connectivity index (χ2v) is 5.83. The molecule has 0 bridgehead atoms. The predicted octanol–water partition coefficient (Wildman–Crippen LogP) is 4.25. The molecule has 0 aliphatic carbocycles. The van der Waals surface area contributed by atoms with E-state index in [2.05, 4.69) is 43.5 Å². The summed E-state index contributed by atoms with van der Waals surface area (Å²) in [6.07, 6.45) is 2.04. The molecule has 0 saturated carbocycles. The molecule has 0 fully saturated rings. The van der Waals surface area contributed by atoms with E-state index in [1.54, 1.807) is 0 Å². The standard InChI is InChI=1S/C15H21ClN2/c1-4-18-14-8-6-5-7-13(14)17-15(18)10-11(2)9-12(3)16/h5-8,11-12H,4,9-10H2,1-3H3. The number of nitrogens with zero attached hydrogens (tertiary/aromatic N) is 2. The van der Waals surface area contributed by atoms with Crippen LogP contribution in [-0.2, 0) is 13.0 Å². The number of rotatable bonds is 5. The number of fused-ring (bicyclic) bond motifs is 1. The number of aromatic nitrogens is 2. The number of hydrogen-bond donors (Lipinski definition) is 0. The van der Waals surface area contributed by atoms with Gasteiger partial charge in [0.25, 0.3) is 0 Å². The van der Waals surface area contributed by atoms with Crippen molar-refractivity contribution in [3.8, 4) is 0 Å². The van der Waals surface area contributed by atoms with Gasteiger partial charge in [0.05, 0.1) is 11.0 Å². The third-order valence-corrected chi connectivity index (χ3v) is 3.49. The van der Waals surface area contributed by atoms with Crippen LogP contribution in [0.2, 0.25) is 0 Å². The maximum Gasteiger partial charge on any atom is 0.110 e. The first-order valence-electron chi connectivity index (χ1n) is 6.70. The largest absolute Gasteiger partial charge is 0.328 e. The Hall–Kier alpha value is -1.02. The number of para-hydroxylation sites is 2. The van der Waals surface area contributed by atoms with Crippen LogP contribution in [0.5, 0.6) is 0 Å². The molecule has 3 heteroatoms. The van der Waals surface area contributed by atoms with E-state index >= 15 is 0 Å². The van der Waals surface area contributed by atoms with Gasteiger partial charge in [0.1, 0.15) is 5.82 Å². The smallest absolute Gasteiger partial charge is 0.110 e. The lowest BCUT2D eigenvalue weighted by Gasteiger charge is -2.13. The summed E-state index contributed by atoms with van der Waals surface area (Å²) in [4.78, 5) is 4.75. The second kappa shape index (κ2) is 5.75. The molecule has 1 heterocycles. The van der Waals surface area contributed by atoms with Crippen LogP contribution in [0.3, 0.4) is 0 Å². The molecule has 0 aliphatic rings. The highest BCUT2D eigenvalue weighted by molar-refractivity contribution is 6.20. The van der Waals surface area contributed by atoms with Crippen molar-refractivity contribution in [3.05, 3.63) is 30.1 Å². The number of alkyl halides is 1. The van der Waals surface area contributed by atoms with Crippen molar-refractivity contribution in [2.24, 2.45) is 5.92 Å². The second-order valence-electron chi connectivity index (χ2n) is 5.09. The maximum atomic E-state index is 6.06. The molecular formula is C15H21ClN2. The van der Waals surface area contributed by atoms with E-state index in [-0.39, 0.29) is 5.38 Å². The van der Waals surface area contributed by atoms with Crippen LogP contribution in [0.15, 0.2) is 24.3 Å². The van der Waals surface area contributed by atoms with Gasteiger partial charge in [-0.3, -0.25) is 0 Å². The normalized spacial score (nSPS) is 14.9. The molecule has 2 aromatic rings. The molecule has 0 N–H and O–H groups in total. The SMILES string of the molecule is CCn1c(CC(C)CC(C)Cl)nc2ccccc21. The molecule has 1 aromatic carbocycles. The van der Waals surface area contributed by atoms with Crippen molar-refractivity contribution >= 4 is 22.6 Å². The van der Waals surface area contributed by atoms with Crippen LogP contribution in [-0.4, -0.2) is 14.9 Å². The van der Waals surface area contributed by atoms with Gasteiger partial charge in [-0.05, 0) is 38.3 Å². The first kappa shape index (κ1) is 13.4. The minimum absolute atomic E-state index is 0.236. The highest BCUT2D eigenvalue weighted by Crippen LogP contribution is 2.20. The Labute approximate surface area is 114 Å². The van der Waals surface area contributed by atoms with E-state index in [9.17, 15) is 0 Å². The summed E-state index contributed by atoms with van der Waals surface area (Å²) in [7, 11) is 0. The van der Waals surface area contributed by atoms with Gasteiger partial charge < -0.3 is 4.57 Å². The van der Waals surface area contributed by atoms with Crippen LogP contribution in [0, 0.1) is 5.92 Å². The zero-order chi connectivity index (χ0) is 13.1. The Balaban J connectivity index is 2.27. The number of benzene rings is 1. The highest BCUT2D eigenvalue weighted by Gasteiger charge is 2.13. The lowest BCUT2D eigenvalue weighted by atomic mass is 10.0. The van der Waals surface area contributed by atoms with E-state index in [1.165, 1.54) is 11.3 Å². The van der Waals surface area contributed by atoms with Gasteiger partial charge in [-0.25, -0.2) is 4.98 Å². The average Bonchev–Trinajstić information content (AvgIpc) is 2.64. The fourth-order valence-corrected chi connectivity index (χ4v) is 2.89. The summed E-state index contributed by atoms with van der Waals surface area (Å²) in [5, 5.41) is 0.236. The van der Waals surface area contributed by atoms with Crippen molar-refractivity contribution in [3.63, 3.8) is 0 Å². The molecule has 2 nitrogen and oxygen atoms in total. The highest BCUT2D eigenvalue weighted by atomic mass is 35.5. The number of halogens is 1. The average molecular weight is 265 g/mol. The molecule has 1 aromatic heterocycles. The summed E-state index contributed by atoms with van der Waals surface area (Å²) >= 11 is 6.06. The molecule has 2 atom stereocenters. The van der Waals surface area contributed by atoms with Gasteiger partial charge in [0.2, 0.25) is 0 Å². The van der Waals surface area contributed by atoms with Gasteiger partial charge in [0, 0.05) is 18.3 Å². The van der Waals surface area contributed by atoms with Gasteiger partial charge >= 0.3 is 0 Å². The van der Waals surface area contributed by atoms with E-state index in [0.717, 1.165) is 24.9 Å². The molecular weight excluding hydrogens is 244 g/mol. The van der Waals surface area contributed by atoms with Crippen LogP contribution in [0.1, 0.15) is 33.0 Å². The number of aryl methyl sites for hydroxylation is 1. The maximum absolute atomic E-state index is 6.06. The van der Waals surface area contributed by atoms with Crippen molar-refractivity contribution in [1.29, 1.82) is 0 Å². The van der Waals surface area contributed by atoms with Gasteiger partial charge in [-0.1, -0.05) is 19.1 Å². The number of hydrogen-bond acceptors (Lipinski definition) is 1. The topological polar surface area (TPSA) is 17.8 Å². The van der Waals surface area contributed by atoms with E-state index in [1.807, 2.05) is 6.07 Å². The van der Waals surface area contributed by atoms with E-state index in [4.69, 9.17) is 16.6 Å². The molecule has 0 radical (unpaired) electrons. The van der Waals surface area contributed by atoms with Crippen molar-refractivity contribution in [2.75, 3.05) is 0 Å². The van der Waals surface area contributed by atoms with Crippen LogP contribution >= 0.6 is 11.6 Å². The molecule has 0 spiro atoms. The summed E-state index contributed by atoms with van der Waals surface area (Å²) in [5.74, 6) is 1.75. The van der Waals surface area contributed by atoms with Crippen molar-refractivity contribution in [1.82, 2.24) is 9.55 Å². The lowest BCUT2D eigenvalue weighted by Crippen LogP contribution is -2.10. The van der Waals surface area contributed by atoms with Crippen molar-refractivity contribution in [2.45, 2.75) is 45.5 Å². The first-order valence-corrected chi connectivity index (χ1v) is 7.13. The Morgan fingerprint density at radius 2 is 2.00 bits per heavy atom. The molecule has 0 saturated heterocycles. The summed E-state index contributed by atoms with van der Waals surface area (Å²) in [6, 6.07) is 8.34.